The van der Waals surface area contributed by atoms with E-state index in [1.807, 2.05) is 6.92 Å². The summed E-state index contributed by atoms with van der Waals surface area (Å²) in [7, 11) is 0. The Hall–Kier alpha value is -2.37. The first kappa shape index (κ1) is 15.0. The van der Waals surface area contributed by atoms with Crippen LogP contribution in [0.25, 0.3) is 0 Å². The minimum Gasteiger partial charge on any atom is -0.461 e. The first-order valence-corrected chi connectivity index (χ1v) is 6.83. The number of imidazole rings is 1. The van der Waals surface area contributed by atoms with Gasteiger partial charge in [-0.05, 0) is 24.6 Å². The van der Waals surface area contributed by atoms with Gasteiger partial charge in [-0.15, -0.1) is 0 Å². The van der Waals surface area contributed by atoms with E-state index in [4.69, 9.17) is 10.5 Å². The molecule has 0 aliphatic rings. The van der Waals surface area contributed by atoms with Crippen molar-refractivity contribution in [2.75, 3.05) is 12.3 Å². The molecule has 6 heteroatoms. The van der Waals surface area contributed by atoms with Crippen molar-refractivity contribution in [3.63, 3.8) is 0 Å². The topological polar surface area (TPSA) is 70.1 Å². The molecule has 112 valence electrons. The predicted molar refractivity (Wildman–Crippen MR) is 77.5 cm³/mol. The molecular formula is C15H18FN3O2. The van der Waals surface area contributed by atoms with Crippen LogP contribution in [0.2, 0.25) is 0 Å². The number of carbonyl (C=O) groups is 1. The van der Waals surface area contributed by atoms with E-state index in [2.05, 4.69) is 4.98 Å². The molecule has 0 aliphatic carbocycles. The van der Waals surface area contributed by atoms with Crippen molar-refractivity contribution in [1.82, 2.24) is 9.55 Å². The number of anilines is 1. The molecule has 0 spiro atoms. The molecule has 0 radical (unpaired) electrons. The van der Waals surface area contributed by atoms with Gasteiger partial charge >= 0.3 is 5.97 Å². The molecule has 21 heavy (non-hydrogen) atoms. The van der Waals surface area contributed by atoms with Crippen LogP contribution in [0.15, 0.2) is 24.3 Å². The van der Waals surface area contributed by atoms with Crippen molar-refractivity contribution < 1.29 is 13.9 Å². The lowest BCUT2D eigenvalue weighted by molar-refractivity contribution is 0.0521. The number of esters is 1. The molecule has 1 aromatic heterocycles. The Bertz CT molecular complexity index is 635. The molecular weight excluding hydrogens is 273 g/mol. The maximum atomic E-state index is 12.9. The first-order chi connectivity index (χ1) is 10.1. The number of ether oxygens (including phenoxy) is 1. The molecule has 0 atom stereocenters. The lowest BCUT2D eigenvalue weighted by Crippen LogP contribution is -2.11. The summed E-state index contributed by atoms with van der Waals surface area (Å²) in [6.45, 7) is 4.36. The van der Waals surface area contributed by atoms with Gasteiger partial charge in [-0.25, -0.2) is 14.2 Å². The molecule has 0 amide bonds. The summed E-state index contributed by atoms with van der Waals surface area (Å²) in [6.07, 6.45) is 0.630. The third-order valence-electron chi connectivity index (χ3n) is 3.12. The minimum atomic E-state index is -0.525. The molecule has 2 N–H and O–H groups in total. The van der Waals surface area contributed by atoms with Gasteiger partial charge in [0, 0.05) is 6.42 Å². The molecule has 5 nitrogen and oxygen atoms in total. The van der Waals surface area contributed by atoms with Gasteiger partial charge in [-0.2, -0.15) is 0 Å². The molecule has 0 saturated carbocycles. The molecule has 1 aromatic carbocycles. The van der Waals surface area contributed by atoms with E-state index in [9.17, 15) is 9.18 Å². The average molecular weight is 291 g/mol. The number of rotatable bonds is 5. The molecule has 1 heterocycles. The van der Waals surface area contributed by atoms with E-state index in [1.165, 1.54) is 12.1 Å². The Balaban J connectivity index is 2.34. The van der Waals surface area contributed by atoms with Gasteiger partial charge in [0.15, 0.2) is 5.69 Å². The Labute approximate surface area is 122 Å². The van der Waals surface area contributed by atoms with Gasteiger partial charge in [0.05, 0.1) is 13.2 Å². The van der Waals surface area contributed by atoms with Crippen molar-refractivity contribution in [3.8, 4) is 0 Å². The molecule has 0 unspecified atom stereocenters. The van der Waals surface area contributed by atoms with E-state index >= 15 is 0 Å². The van der Waals surface area contributed by atoms with Gasteiger partial charge in [-0.1, -0.05) is 19.1 Å². The highest BCUT2D eigenvalue weighted by atomic mass is 19.1. The van der Waals surface area contributed by atoms with E-state index < -0.39 is 5.97 Å². The van der Waals surface area contributed by atoms with Crippen LogP contribution in [0, 0.1) is 5.82 Å². The Kier molecular flexibility index (Phi) is 4.57. The van der Waals surface area contributed by atoms with E-state index in [-0.39, 0.29) is 23.9 Å². The number of hydrogen-bond acceptors (Lipinski definition) is 4. The molecule has 2 rings (SSSR count). The standard InChI is InChI=1S/C15H18FN3O2/c1-3-12-18-13(15(20)21-4-2)14(17)19(12)9-10-5-7-11(16)8-6-10/h5-8H,3-4,9,17H2,1-2H3. The third-order valence-corrected chi connectivity index (χ3v) is 3.12. The Morgan fingerprint density at radius 3 is 2.57 bits per heavy atom. The van der Waals surface area contributed by atoms with Crippen LogP contribution in [0.1, 0.15) is 35.7 Å². The second-order valence-corrected chi connectivity index (χ2v) is 4.55. The molecule has 0 fully saturated rings. The van der Waals surface area contributed by atoms with Crippen LogP contribution >= 0.6 is 0 Å². The summed E-state index contributed by atoms with van der Waals surface area (Å²) in [6, 6.07) is 6.14. The van der Waals surface area contributed by atoms with E-state index in [1.54, 1.807) is 23.6 Å². The maximum Gasteiger partial charge on any atom is 0.360 e. The molecule has 0 aliphatic heterocycles. The van der Waals surface area contributed by atoms with E-state index in [0.717, 1.165) is 5.56 Å². The quantitative estimate of drug-likeness (QED) is 0.859. The number of aryl methyl sites for hydroxylation is 1. The van der Waals surface area contributed by atoms with Crippen LogP contribution in [-0.2, 0) is 17.7 Å². The number of hydrogen-bond donors (Lipinski definition) is 1. The maximum absolute atomic E-state index is 12.9. The Morgan fingerprint density at radius 1 is 1.33 bits per heavy atom. The van der Waals surface area contributed by atoms with E-state index in [0.29, 0.717) is 18.8 Å². The largest absolute Gasteiger partial charge is 0.461 e. The predicted octanol–water partition coefficient (Wildman–Crippen LogP) is 2.39. The summed E-state index contributed by atoms with van der Waals surface area (Å²) in [5, 5.41) is 0. The summed E-state index contributed by atoms with van der Waals surface area (Å²) in [5.41, 5.74) is 7.03. The van der Waals surface area contributed by atoms with Gasteiger partial charge in [-0.3, -0.25) is 0 Å². The van der Waals surface area contributed by atoms with Crippen molar-refractivity contribution >= 4 is 11.8 Å². The smallest absolute Gasteiger partial charge is 0.360 e. The number of nitrogen functional groups attached to an aromatic ring is 1. The van der Waals surface area contributed by atoms with Crippen molar-refractivity contribution in [2.24, 2.45) is 0 Å². The fourth-order valence-corrected chi connectivity index (χ4v) is 2.08. The minimum absolute atomic E-state index is 0.135. The van der Waals surface area contributed by atoms with Crippen LogP contribution in [-0.4, -0.2) is 22.1 Å². The van der Waals surface area contributed by atoms with Crippen LogP contribution < -0.4 is 5.73 Å². The zero-order valence-electron chi connectivity index (χ0n) is 12.1. The summed E-state index contributed by atoms with van der Waals surface area (Å²) < 4.78 is 19.6. The molecule has 0 saturated heterocycles. The van der Waals surface area contributed by atoms with Crippen molar-refractivity contribution in [3.05, 3.63) is 47.2 Å². The number of aromatic nitrogens is 2. The fourth-order valence-electron chi connectivity index (χ4n) is 2.08. The number of nitrogens with zero attached hydrogens (tertiary/aromatic N) is 2. The van der Waals surface area contributed by atoms with Gasteiger partial charge in [0.2, 0.25) is 0 Å². The second kappa shape index (κ2) is 6.39. The lowest BCUT2D eigenvalue weighted by Gasteiger charge is -2.09. The van der Waals surface area contributed by atoms with Gasteiger partial charge in [0.25, 0.3) is 0 Å². The number of nitrogens with two attached hydrogens (primary N) is 1. The first-order valence-electron chi connectivity index (χ1n) is 6.83. The second-order valence-electron chi connectivity index (χ2n) is 4.55. The number of benzene rings is 1. The zero-order valence-corrected chi connectivity index (χ0v) is 12.1. The summed E-state index contributed by atoms with van der Waals surface area (Å²) >= 11 is 0. The lowest BCUT2D eigenvalue weighted by atomic mass is 10.2. The normalized spacial score (nSPS) is 10.6. The number of halogens is 1. The third kappa shape index (κ3) is 3.21. The highest BCUT2D eigenvalue weighted by Crippen LogP contribution is 2.18. The Morgan fingerprint density at radius 2 is 2.00 bits per heavy atom. The van der Waals surface area contributed by atoms with Gasteiger partial charge in [0.1, 0.15) is 17.5 Å². The van der Waals surface area contributed by atoms with Crippen LogP contribution in [0.4, 0.5) is 10.2 Å². The highest BCUT2D eigenvalue weighted by molar-refractivity contribution is 5.92. The average Bonchev–Trinajstić information content (AvgIpc) is 2.78. The van der Waals surface area contributed by atoms with Crippen molar-refractivity contribution in [1.29, 1.82) is 0 Å². The van der Waals surface area contributed by atoms with Crippen molar-refractivity contribution in [2.45, 2.75) is 26.8 Å². The molecule has 0 bridgehead atoms. The van der Waals surface area contributed by atoms with Crippen LogP contribution in [0.5, 0.6) is 0 Å². The highest BCUT2D eigenvalue weighted by Gasteiger charge is 2.20. The SMILES string of the molecule is CCOC(=O)c1nc(CC)n(Cc2ccc(F)cc2)c1N. The monoisotopic (exact) mass is 291 g/mol. The van der Waals surface area contributed by atoms with Crippen LogP contribution in [0.3, 0.4) is 0 Å². The summed E-state index contributed by atoms with van der Waals surface area (Å²) in [4.78, 5) is 16.1. The fraction of sp³-hybridized carbons (Fsp3) is 0.333. The molecule has 2 aromatic rings. The number of carbonyl (C=O) groups excluding carboxylic acids is 1. The summed E-state index contributed by atoms with van der Waals surface area (Å²) in [5.74, 6) is 0.150. The zero-order chi connectivity index (χ0) is 15.4. The van der Waals surface area contributed by atoms with Gasteiger partial charge < -0.3 is 15.0 Å².